The maximum Gasteiger partial charge on any atom is 0.269 e. The van der Waals surface area contributed by atoms with Crippen molar-refractivity contribution in [3.8, 4) is 0 Å². The van der Waals surface area contributed by atoms with Crippen LogP contribution in [-0.4, -0.2) is 17.4 Å². The molecule has 1 heterocycles. The molecule has 1 aliphatic carbocycles. The molecule has 0 amide bonds. The summed E-state index contributed by atoms with van der Waals surface area (Å²) in [5.41, 5.74) is 1.33. The predicted molar refractivity (Wildman–Crippen MR) is 85.7 cm³/mol. The molecule has 0 atom stereocenters. The highest BCUT2D eigenvalue weighted by Crippen LogP contribution is 2.41. The highest BCUT2D eigenvalue weighted by atomic mass is 35.5. The van der Waals surface area contributed by atoms with Gasteiger partial charge in [0, 0.05) is 10.9 Å². The monoisotopic (exact) mass is 332 g/mol. The largest absolute Gasteiger partial charge is 0.269 e. The number of benzene rings is 2. The zero-order valence-corrected chi connectivity index (χ0v) is 13.2. The molecule has 0 N–H and O–H groups in total. The Morgan fingerprint density at radius 3 is 2.41 bits per heavy atom. The van der Waals surface area contributed by atoms with E-state index in [1.165, 1.54) is 16.1 Å². The van der Waals surface area contributed by atoms with Gasteiger partial charge in [-0.15, -0.1) is 0 Å². The number of rotatable bonds is 3. The van der Waals surface area contributed by atoms with E-state index < -0.39 is 10.0 Å². The third kappa shape index (κ3) is 2.12. The summed E-state index contributed by atoms with van der Waals surface area (Å²) < 4.78 is 27.5. The van der Waals surface area contributed by atoms with E-state index >= 15 is 0 Å². The molecule has 1 aliphatic rings. The Bertz CT molecular complexity index is 957. The maximum atomic E-state index is 13.1. The van der Waals surface area contributed by atoms with Gasteiger partial charge in [0.1, 0.15) is 5.82 Å². The van der Waals surface area contributed by atoms with Crippen molar-refractivity contribution in [2.24, 2.45) is 0 Å². The molecule has 0 spiro atoms. The molecule has 0 bridgehead atoms. The molecule has 2 aromatic carbocycles. The molecule has 0 saturated heterocycles. The third-order valence-electron chi connectivity index (χ3n) is 3.84. The van der Waals surface area contributed by atoms with E-state index in [1.54, 1.807) is 18.2 Å². The fourth-order valence-corrected chi connectivity index (χ4v) is 4.25. The van der Waals surface area contributed by atoms with Crippen LogP contribution >= 0.6 is 11.6 Å². The lowest BCUT2D eigenvalue weighted by molar-refractivity contribution is 0.586. The summed E-state index contributed by atoms with van der Waals surface area (Å²) in [5.74, 6) is 0.866. The van der Waals surface area contributed by atoms with Gasteiger partial charge in [0.05, 0.1) is 15.9 Å². The smallest absolute Gasteiger partial charge is 0.232 e. The van der Waals surface area contributed by atoms with E-state index in [0.29, 0.717) is 21.9 Å². The van der Waals surface area contributed by atoms with E-state index in [4.69, 9.17) is 11.6 Å². The number of para-hydroxylation sites is 2. The van der Waals surface area contributed by atoms with Crippen molar-refractivity contribution < 1.29 is 8.42 Å². The summed E-state index contributed by atoms with van der Waals surface area (Å²) in [6, 6.07) is 13.6. The van der Waals surface area contributed by atoms with E-state index in [-0.39, 0.29) is 10.8 Å². The van der Waals surface area contributed by atoms with Crippen LogP contribution in [0.2, 0.25) is 5.02 Å². The van der Waals surface area contributed by atoms with Gasteiger partial charge in [0.25, 0.3) is 10.0 Å². The van der Waals surface area contributed by atoms with Crippen molar-refractivity contribution in [3.05, 3.63) is 59.4 Å². The first-order chi connectivity index (χ1) is 10.6. The van der Waals surface area contributed by atoms with Gasteiger partial charge in [-0.3, -0.25) is 0 Å². The molecule has 112 valence electrons. The Kier molecular flexibility index (Phi) is 3.03. The highest BCUT2D eigenvalue weighted by molar-refractivity contribution is 7.90. The van der Waals surface area contributed by atoms with Crippen LogP contribution < -0.4 is 0 Å². The van der Waals surface area contributed by atoms with Crippen molar-refractivity contribution in [1.82, 2.24) is 8.96 Å². The topological polar surface area (TPSA) is 52.0 Å². The number of halogens is 1. The minimum atomic E-state index is -3.68. The van der Waals surface area contributed by atoms with Gasteiger partial charge in [-0.25, -0.2) is 17.4 Å². The lowest BCUT2D eigenvalue weighted by Crippen LogP contribution is -2.15. The van der Waals surface area contributed by atoms with Crippen LogP contribution in [0.25, 0.3) is 11.0 Å². The van der Waals surface area contributed by atoms with Crippen LogP contribution in [-0.2, 0) is 10.0 Å². The van der Waals surface area contributed by atoms with E-state index in [2.05, 4.69) is 4.98 Å². The second kappa shape index (κ2) is 4.83. The van der Waals surface area contributed by atoms with Crippen LogP contribution in [0, 0.1) is 0 Å². The molecule has 1 saturated carbocycles. The first-order valence-corrected chi connectivity index (χ1v) is 8.88. The second-order valence-electron chi connectivity index (χ2n) is 5.46. The first kappa shape index (κ1) is 13.8. The average Bonchev–Trinajstić information content (AvgIpc) is 3.27. The number of nitrogens with zero attached hydrogens (tertiary/aromatic N) is 2. The van der Waals surface area contributed by atoms with Crippen molar-refractivity contribution in [3.63, 3.8) is 0 Å². The lowest BCUT2D eigenvalue weighted by Gasteiger charge is -2.10. The summed E-state index contributed by atoms with van der Waals surface area (Å²) in [6.45, 7) is 0. The number of imidazole rings is 1. The molecule has 1 fully saturated rings. The average molecular weight is 333 g/mol. The zero-order chi connectivity index (χ0) is 15.3. The molecular weight excluding hydrogens is 320 g/mol. The highest BCUT2D eigenvalue weighted by Gasteiger charge is 2.34. The molecule has 22 heavy (non-hydrogen) atoms. The van der Waals surface area contributed by atoms with Gasteiger partial charge in [-0.2, -0.15) is 0 Å². The van der Waals surface area contributed by atoms with Gasteiger partial charge < -0.3 is 0 Å². The summed E-state index contributed by atoms with van der Waals surface area (Å²) in [7, 11) is -3.68. The second-order valence-corrected chi connectivity index (χ2v) is 7.68. The third-order valence-corrected chi connectivity index (χ3v) is 5.82. The summed E-state index contributed by atoms with van der Waals surface area (Å²) in [5, 5.41) is 0.511. The van der Waals surface area contributed by atoms with E-state index in [0.717, 1.165) is 12.8 Å². The van der Waals surface area contributed by atoms with Gasteiger partial charge >= 0.3 is 0 Å². The van der Waals surface area contributed by atoms with Crippen LogP contribution in [0.5, 0.6) is 0 Å². The van der Waals surface area contributed by atoms with Gasteiger partial charge in [-0.05, 0) is 49.2 Å². The molecule has 4 nitrogen and oxygen atoms in total. The molecule has 0 unspecified atom stereocenters. The van der Waals surface area contributed by atoms with Crippen LogP contribution in [0.1, 0.15) is 24.6 Å². The van der Waals surface area contributed by atoms with Gasteiger partial charge in [-0.1, -0.05) is 23.7 Å². The van der Waals surface area contributed by atoms with Crippen LogP contribution in [0.4, 0.5) is 0 Å². The maximum absolute atomic E-state index is 13.1. The number of aromatic nitrogens is 2. The molecule has 1 aromatic heterocycles. The number of hydrogen-bond donors (Lipinski definition) is 0. The Morgan fingerprint density at radius 2 is 1.73 bits per heavy atom. The summed E-state index contributed by atoms with van der Waals surface area (Å²) >= 11 is 5.86. The van der Waals surface area contributed by atoms with Crippen molar-refractivity contribution in [2.75, 3.05) is 0 Å². The SMILES string of the molecule is O=S(=O)(c1ccc(Cl)cc1)n1c(C2CC2)nc2ccccc21. The molecule has 4 rings (SSSR count). The Labute approximate surface area is 133 Å². The van der Waals surface area contributed by atoms with Crippen molar-refractivity contribution >= 4 is 32.7 Å². The Hall–Kier alpha value is -1.85. The number of fused-ring (bicyclic) bond motifs is 1. The minimum Gasteiger partial charge on any atom is -0.232 e. The van der Waals surface area contributed by atoms with Crippen LogP contribution in [0.3, 0.4) is 0 Å². The molecule has 0 aliphatic heterocycles. The minimum absolute atomic E-state index is 0.224. The van der Waals surface area contributed by atoms with Gasteiger partial charge in [0.15, 0.2) is 0 Å². The molecular formula is C16H13ClN2O2S. The number of hydrogen-bond acceptors (Lipinski definition) is 3. The van der Waals surface area contributed by atoms with Gasteiger partial charge in [0.2, 0.25) is 0 Å². The van der Waals surface area contributed by atoms with E-state index in [1.807, 2.05) is 18.2 Å². The lowest BCUT2D eigenvalue weighted by atomic mass is 10.3. The fourth-order valence-electron chi connectivity index (χ4n) is 2.59. The van der Waals surface area contributed by atoms with Crippen molar-refractivity contribution in [2.45, 2.75) is 23.7 Å². The molecule has 0 radical (unpaired) electrons. The first-order valence-electron chi connectivity index (χ1n) is 7.06. The summed E-state index contributed by atoms with van der Waals surface area (Å²) in [6.07, 6.45) is 1.97. The van der Waals surface area contributed by atoms with Crippen LogP contribution in [0.15, 0.2) is 53.4 Å². The Morgan fingerprint density at radius 1 is 1.05 bits per heavy atom. The van der Waals surface area contributed by atoms with Crippen molar-refractivity contribution in [1.29, 1.82) is 0 Å². The normalized spacial score (nSPS) is 15.3. The zero-order valence-electron chi connectivity index (χ0n) is 11.6. The summed E-state index contributed by atoms with van der Waals surface area (Å²) in [4.78, 5) is 4.77. The fraction of sp³-hybridized carbons (Fsp3) is 0.188. The quantitative estimate of drug-likeness (QED) is 0.733. The Balaban J connectivity index is 1.99. The van der Waals surface area contributed by atoms with E-state index in [9.17, 15) is 8.42 Å². The predicted octanol–water partition coefficient (Wildman–Crippen LogP) is 3.80. The molecule has 3 aromatic rings. The molecule has 6 heteroatoms. The standard InChI is InChI=1S/C16H13ClN2O2S/c17-12-7-9-13(10-8-12)22(20,21)19-15-4-2-1-3-14(15)18-16(19)11-5-6-11/h1-4,7-11H,5-6H2.